The summed E-state index contributed by atoms with van der Waals surface area (Å²) in [5.41, 5.74) is 6.02. The van der Waals surface area contributed by atoms with E-state index in [9.17, 15) is 0 Å². The van der Waals surface area contributed by atoms with Crippen LogP contribution in [-0.2, 0) is 0 Å². The first kappa shape index (κ1) is 17.6. The first-order valence-electron chi connectivity index (χ1n) is 9.63. The molecule has 0 spiro atoms. The second-order valence-corrected chi connectivity index (χ2v) is 7.06. The molecular formula is C18H36N4. The minimum atomic E-state index is 0.561. The van der Waals surface area contributed by atoms with Gasteiger partial charge in [0.15, 0.2) is 5.96 Å². The van der Waals surface area contributed by atoms with Crippen molar-refractivity contribution in [2.24, 2.45) is 10.7 Å². The maximum absolute atomic E-state index is 6.02. The zero-order valence-electron chi connectivity index (χ0n) is 14.4. The molecule has 2 fully saturated rings. The monoisotopic (exact) mass is 308 g/mol. The predicted octanol–water partition coefficient (Wildman–Crippen LogP) is 3.27. The van der Waals surface area contributed by atoms with Crippen molar-refractivity contribution in [1.82, 2.24) is 10.2 Å². The number of unbranched alkanes of at least 4 members (excludes halogenated alkanes) is 2. The lowest BCUT2D eigenvalue weighted by Gasteiger charge is -2.26. The molecule has 1 aliphatic heterocycles. The largest absolute Gasteiger partial charge is 0.370 e. The third kappa shape index (κ3) is 7.48. The standard InChI is InChI=1S/C18H36N4/c19-18(21-17-11-5-1-2-6-12-17)20-13-7-3-8-14-22-15-9-4-10-16-22/h17H,1-16H2,(H3,19,20,21). The molecule has 0 radical (unpaired) electrons. The molecule has 0 aromatic heterocycles. The van der Waals surface area contributed by atoms with Crippen LogP contribution in [-0.4, -0.2) is 43.1 Å². The van der Waals surface area contributed by atoms with Crippen LogP contribution < -0.4 is 11.1 Å². The minimum absolute atomic E-state index is 0.561. The highest BCUT2D eigenvalue weighted by molar-refractivity contribution is 5.78. The Balaban J connectivity index is 1.48. The molecule has 0 bridgehead atoms. The molecule has 128 valence electrons. The SMILES string of the molecule is NC(=NCCCCCN1CCCCC1)NC1CCCCCC1. The highest BCUT2D eigenvalue weighted by Crippen LogP contribution is 2.17. The Labute approximate surface area is 136 Å². The Hall–Kier alpha value is -0.770. The van der Waals surface area contributed by atoms with Gasteiger partial charge >= 0.3 is 0 Å². The van der Waals surface area contributed by atoms with Gasteiger partial charge in [-0.15, -0.1) is 0 Å². The van der Waals surface area contributed by atoms with Gasteiger partial charge in [0, 0.05) is 12.6 Å². The summed E-state index contributed by atoms with van der Waals surface area (Å²) in [5, 5.41) is 3.42. The fraction of sp³-hybridized carbons (Fsp3) is 0.944. The molecule has 1 aliphatic carbocycles. The van der Waals surface area contributed by atoms with Crippen LogP contribution in [0.2, 0.25) is 0 Å². The maximum Gasteiger partial charge on any atom is 0.188 e. The second-order valence-electron chi connectivity index (χ2n) is 7.06. The topological polar surface area (TPSA) is 53.6 Å². The van der Waals surface area contributed by atoms with E-state index in [2.05, 4.69) is 15.2 Å². The number of piperidine rings is 1. The lowest BCUT2D eigenvalue weighted by atomic mass is 10.1. The molecule has 1 saturated heterocycles. The number of nitrogens with two attached hydrogens (primary N) is 1. The highest BCUT2D eigenvalue weighted by atomic mass is 15.1. The number of nitrogens with one attached hydrogen (secondary N) is 1. The molecule has 0 atom stereocenters. The molecule has 2 aliphatic rings. The highest BCUT2D eigenvalue weighted by Gasteiger charge is 2.12. The van der Waals surface area contributed by atoms with E-state index in [4.69, 9.17) is 5.73 Å². The Bertz CT molecular complexity index is 302. The third-order valence-electron chi connectivity index (χ3n) is 5.07. The van der Waals surface area contributed by atoms with Gasteiger partial charge in [0.05, 0.1) is 0 Å². The van der Waals surface area contributed by atoms with Crippen LogP contribution >= 0.6 is 0 Å². The summed E-state index contributed by atoms with van der Waals surface area (Å²) in [4.78, 5) is 7.12. The normalized spacial score (nSPS) is 22.5. The summed E-state index contributed by atoms with van der Waals surface area (Å²) >= 11 is 0. The number of likely N-dealkylation sites (tertiary alicyclic amines) is 1. The summed E-state index contributed by atoms with van der Waals surface area (Å²) in [6, 6.07) is 0.561. The number of hydrogen-bond acceptors (Lipinski definition) is 2. The quantitative estimate of drug-likeness (QED) is 0.328. The van der Waals surface area contributed by atoms with Crippen molar-refractivity contribution in [1.29, 1.82) is 0 Å². The zero-order valence-corrected chi connectivity index (χ0v) is 14.4. The second kappa shape index (κ2) is 10.9. The smallest absolute Gasteiger partial charge is 0.188 e. The number of aliphatic imine (C=N–C) groups is 1. The molecular weight excluding hydrogens is 272 g/mol. The van der Waals surface area contributed by atoms with Crippen molar-refractivity contribution in [3.63, 3.8) is 0 Å². The van der Waals surface area contributed by atoms with Crippen molar-refractivity contribution in [3.05, 3.63) is 0 Å². The van der Waals surface area contributed by atoms with Gasteiger partial charge in [-0.2, -0.15) is 0 Å². The Morgan fingerprint density at radius 2 is 1.59 bits per heavy atom. The van der Waals surface area contributed by atoms with E-state index >= 15 is 0 Å². The number of guanidine groups is 1. The molecule has 0 amide bonds. The van der Waals surface area contributed by atoms with Crippen molar-refractivity contribution >= 4 is 5.96 Å². The maximum atomic E-state index is 6.02. The van der Waals surface area contributed by atoms with Crippen LogP contribution in [0.4, 0.5) is 0 Å². The molecule has 2 rings (SSSR count). The van der Waals surface area contributed by atoms with Gasteiger partial charge in [-0.3, -0.25) is 4.99 Å². The van der Waals surface area contributed by atoms with Gasteiger partial charge in [-0.05, 0) is 58.2 Å². The zero-order chi connectivity index (χ0) is 15.5. The van der Waals surface area contributed by atoms with E-state index in [0.29, 0.717) is 12.0 Å². The van der Waals surface area contributed by atoms with Crippen molar-refractivity contribution in [3.8, 4) is 0 Å². The van der Waals surface area contributed by atoms with Gasteiger partial charge in [0.25, 0.3) is 0 Å². The Kier molecular flexibility index (Phi) is 8.69. The average Bonchev–Trinajstić information content (AvgIpc) is 2.80. The molecule has 1 saturated carbocycles. The molecule has 3 N–H and O–H groups in total. The van der Waals surface area contributed by atoms with Crippen LogP contribution in [0.1, 0.15) is 77.0 Å². The molecule has 0 aromatic carbocycles. The van der Waals surface area contributed by atoms with Gasteiger partial charge in [-0.25, -0.2) is 0 Å². The number of nitrogens with zero attached hydrogens (tertiary/aromatic N) is 2. The molecule has 0 aromatic rings. The van der Waals surface area contributed by atoms with E-state index < -0.39 is 0 Å². The van der Waals surface area contributed by atoms with E-state index in [0.717, 1.165) is 6.54 Å². The molecule has 22 heavy (non-hydrogen) atoms. The average molecular weight is 309 g/mol. The van der Waals surface area contributed by atoms with Crippen LogP contribution in [0.15, 0.2) is 4.99 Å². The third-order valence-corrected chi connectivity index (χ3v) is 5.07. The van der Waals surface area contributed by atoms with Gasteiger partial charge < -0.3 is 16.0 Å². The van der Waals surface area contributed by atoms with Crippen LogP contribution in [0.5, 0.6) is 0 Å². The first-order chi connectivity index (χ1) is 10.8. The molecule has 4 heteroatoms. The lowest BCUT2D eigenvalue weighted by molar-refractivity contribution is 0.224. The first-order valence-corrected chi connectivity index (χ1v) is 9.63. The van der Waals surface area contributed by atoms with E-state index in [1.54, 1.807) is 0 Å². The van der Waals surface area contributed by atoms with Crippen molar-refractivity contribution < 1.29 is 0 Å². The molecule has 4 nitrogen and oxygen atoms in total. The number of rotatable bonds is 7. The summed E-state index contributed by atoms with van der Waals surface area (Å²) in [5.74, 6) is 0.669. The minimum Gasteiger partial charge on any atom is -0.370 e. The van der Waals surface area contributed by atoms with E-state index in [-0.39, 0.29) is 0 Å². The van der Waals surface area contributed by atoms with E-state index in [1.807, 2.05) is 0 Å². The van der Waals surface area contributed by atoms with Crippen LogP contribution in [0, 0.1) is 0 Å². The van der Waals surface area contributed by atoms with Gasteiger partial charge in [0.2, 0.25) is 0 Å². The van der Waals surface area contributed by atoms with E-state index in [1.165, 1.54) is 96.7 Å². The summed E-state index contributed by atoms with van der Waals surface area (Å²) < 4.78 is 0. The van der Waals surface area contributed by atoms with Crippen molar-refractivity contribution in [2.45, 2.75) is 83.1 Å². The summed E-state index contributed by atoms with van der Waals surface area (Å²) in [7, 11) is 0. The fourth-order valence-electron chi connectivity index (χ4n) is 3.68. The van der Waals surface area contributed by atoms with Gasteiger partial charge in [-0.1, -0.05) is 38.5 Å². The van der Waals surface area contributed by atoms with Crippen LogP contribution in [0.25, 0.3) is 0 Å². The van der Waals surface area contributed by atoms with Crippen molar-refractivity contribution in [2.75, 3.05) is 26.2 Å². The Morgan fingerprint density at radius 1 is 0.909 bits per heavy atom. The summed E-state index contributed by atoms with van der Waals surface area (Å²) in [6.07, 6.45) is 15.9. The fourth-order valence-corrected chi connectivity index (χ4v) is 3.68. The predicted molar refractivity (Wildman–Crippen MR) is 95.3 cm³/mol. The van der Waals surface area contributed by atoms with Gasteiger partial charge in [0.1, 0.15) is 0 Å². The summed E-state index contributed by atoms with van der Waals surface area (Å²) in [6.45, 7) is 4.79. The number of hydrogen-bond donors (Lipinski definition) is 2. The molecule has 0 unspecified atom stereocenters. The lowest BCUT2D eigenvalue weighted by Crippen LogP contribution is -2.39. The van der Waals surface area contributed by atoms with Crippen LogP contribution in [0.3, 0.4) is 0 Å². The molecule has 1 heterocycles. The Morgan fingerprint density at radius 3 is 2.32 bits per heavy atom.